The number of fused-ring (bicyclic) bond motifs is 1. The maximum absolute atomic E-state index is 12.6. The molecule has 5 nitrogen and oxygen atoms in total. The lowest BCUT2D eigenvalue weighted by Gasteiger charge is -2.15. The van der Waals surface area contributed by atoms with Gasteiger partial charge in [0.15, 0.2) is 0 Å². The van der Waals surface area contributed by atoms with E-state index >= 15 is 0 Å². The van der Waals surface area contributed by atoms with E-state index in [2.05, 4.69) is 10.3 Å². The molecule has 0 saturated heterocycles. The average molecular weight is 406 g/mol. The van der Waals surface area contributed by atoms with E-state index in [0.717, 1.165) is 17.5 Å². The van der Waals surface area contributed by atoms with Gasteiger partial charge in [0.25, 0.3) is 0 Å². The van der Waals surface area contributed by atoms with Crippen LogP contribution in [0.5, 0.6) is 0 Å². The number of amides is 1. The van der Waals surface area contributed by atoms with Crippen LogP contribution in [0.3, 0.4) is 0 Å². The van der Waals surface area contributed by atoms with Crippen molar-refractivity contribution in [3.63, 3.8) is 0 Å². The maximum atomic E-state index is 12.6. The molecule has 3 rings (SSSR count). The second-order valence-electron chi connectivity index (χ2n) is 6.36. The minimum atomic E-state index is -0.0962. The first-order valence-electron chi connectivity index (χ1n) is 8.69. The van der Waals surface area contributed by atoms with Gasteiger partial charge in [-0.15, -0.1) is 0 Å². The van der Waals surface area contributed by atoms with Gasteiger partial charge in [0, 0.05) is 25.3 Å². The van der Waals surface area contributed by atoms with Gasteiger partial charge in [-0.3, -0.25) is 4.79 Å². The molecule has 0 aliphatic heterocycles. The van der Waals surface area contributed by atoms with E-state index in [1.807, 2.05) is 47.9 Å². The lowest BCUT2D eigenvalue weighted by molar-refractivity contribution is -0.122. The molecule has 1 unspecified atom stereocenters. The van der Waals surface area contributed by atoms with Gasteiger partial charge in [0.1, 0.15) is 12.4 Å². The summed E-state index contributed by atoms with van der Waals surface area (Å²) in [7, 11) is 1.65. The molecule has 0 aliphatic carbocycles. The van der Waals surface area contributed by atoms with Gasteiger partial charge in [0.2, 0.25) is 5.91 Å². The van der Waals surface area contributed by atoms with Crippen LogP contribution < -0.4 is 5.32 Å². The Morgan fingerprint density at radius 2 is 2.00 bits per heavy atom. The standard InChI is InChI=1S/C20H21Cl2N3O2/c1-13(10-11-27-2)23-18(26)12-25-17-9-4-3-8-16(17)24-20(25)14-6-5-7-15(21)19(14)22/h3-9,13H,10-12H2,1-2H3,(H,23,26). The number of para-hydroxylation sites is 2. The highest BCUT2D eigenvalue weighted by molar-refractivity contribution is 6.43. The third-order valence-corrected chi connectivity index (χ3v) is 5.13. The number of carbonyl (C=O) groups excluding carboxylic acids is 1. The lowest BCUT2D eigenvalue weighted by atomic mass is 10.2. The fourth-order valence-electron chi connectivity index (χ4n) is 2.95. The third-order valence-electron chi connectivity index (χ3n) is 4.31. The molecule has 0 spiro atoms. The normalized spacial score (nSPS) is 12.3. The van der Waals surface area contributed by atoms with Crippen molar-refractivity contribution in [2.45, 2.75) is 25.9 Å². The van der Waals surface area contributed by atoms with Crippen LogP contribution in [0.1, 0.15) is 13.3 Å². The van der Waals surface area contributed by atoms with Gasteiger partial charge in [-0.05, 0) is 37.6 Å². The van der Waals surface area contributed by atoms with E-state index in [0.29, 0.717) is 28.0 Å². The number of halogens is 2. The minimum absolute atomic E-state index is 0.0189. The maximum Gasteiger partial charge on any atom is 0.240 e. The number of aromatic nitrogens is 2. The van der Waals surface area contributed by atoms with E-state index in [1.54, 1.807) is 13.2 Å². The number of ether oxygens (including phenoxy) is 1. The zero-order valence-electron chi connectivity index (χ0n) is 15.2. The first-order valence-corrected chi connectivity index (χ1v) is 9.44. The molecule has 0 fully saturated rings. The molecule has 142 valence electrons. The van der Waals surface area contributed by atoms with Crippen LogP contribution in [0.25, 0.3) is 22.4 Å². The summed E-state index contributed by atoms with van der Waals surface area (Å²) in [4.78, 5) is 17.3. The van der Waals surface area contributed by atoms with E-state index in [4.69, 9.17) is 27.9 Å². The molecule has 0 bridgehead atoms. The number of methoxy groups -OCH3 is 1. The summed E-state index contributed by atoms with van der Waals surface area (Å²) >= 11 is 12.6. The molecule has 2 aromatic carbocycles. The van der Waals surface area contributed by atoms with Crippen LogP contribution >= 0.6 is 23.2 Å². The Hall–Kier alpha value is -2.08. The largest absolute Gasteiger partial charge is 0.385 e. The summed E-state index contributed by atoms with van der Waals surface area (Å²) in [6.07, 6.45) is 0.750. The number of benzene rings is 2. The van der Waals surface area contributed by atoms with Crippen molar-refractivity contribution in [3.8, 4) is 11.4 Å². The highest BCUT2D eigenvalue weighted by atomic mass is 35.5. The molecular weight excluding hydrogens is 385 g/mol. The van der Waals surface area contributed by atoms with Crippen LogP contribution in [0.4, 0.5) is 0 Å². The predicted octanol–water partition coefficient (Wildman–Crippen LogP) is 4.55. The van der Waals surface area contributed by atoms with Crippen LogP contribution in [0.15, 0.2) is 42.5 Å². The smallest absolute Gasteiger partial charge is 0.240 e. The number of imidazole rings is 1. The van der Waals surface area contributed by atoms with Crippen LogP contribution in [0, 0.1) is 0 Å². The summed E-state index contributed by atoms with van der Waals surface area (Å²) < 4.78 is 6.93. The fraction of sp³-hybridized carbons (Fsp3) is 0.300. The van der Waals surface area contributed by atoms with Crippen molar-refractivity contribution in [1.29, 1.82) is 0 Å². The molecule has 1 aromatic heterocycles. The van der Waals surface area contributed by atoms with Crippen LogP contribution in [0.2, 0.25) is 10.0 Å². The van der Waals surface area contributed by atoms with Gasteiger partial charge >= 0.3 is 0 Å². The first-order chi connectivity index (χ1) is 13.0. The SMILES string of the molecule is COCCC(C)NC(=O)Cn1c(-c2cccc(Cl)c2Cl)nc2ccccc21. The highest BCUT2D eigenvalue weighted by Gasteiger charge is 2.18. The van der Waals surface area contributed by atoms with E-state index in [1.165, 1.54) is 0 Å². The second-order valence-corrected chi connectivity index (χ2v) is 7.15. The number of nitrogens with one attached hydrogen (secondary N) is 1. The van der Waals surface area contributed by atoms with Crippen molar-refractivity contribution in [2.75, 3.05) is 13.7 Å². The van der Waals surface area contributed by atoms with Gasteiger partial charge in [-0.2, -0.15) is 0 Å². The van der Waals surface area contributed by atoms with E-state index < -0.39 is 0 Å². The fourth-order valence-corrected chi connectivity index (χ4v) is 3.33. The Bertz CT molecular complexity index is 956. The monoisotopic (exact) mass is 405 g/mol. The number of nitrogens with zero attached hydrogens (tertiary/aromatic N) is 2. The zero-order valence-corrected chi connectivity index (χ0v) is 16.7. The summed E-state index contributed by atoms with van der Waals surface area (Å²) in [6.45, 7) is 2.69. The Morgan fingerprint density at radius 1 is 1.22 bits per heavy atom. The average Bonchev–Trinajstić information content (AvgIpc) is 3.00. The van der Waals surface area contributed by atoms with Crippen molar-refractivity contribution >= 4 is 40.1 Å². The Balaban J connectivity index is 1.96. The van der Waals surface area contributed by atoms with Gasteiger partial charge in [-0.25, -0.2) is 4.98 Å². The molecule has 1 heterocycles. The molecule has 27 heavy (non-hydrogen) atoms. The summed E-state index contributed by atoms with van der Waals surface area (Å²) in [5, 5.41) is 3.87. The quantitative estimate of drug-likeness (QED) is 0.626. The molecule has 1 amide bonds. The molecule has 0 aliphatic rings. The topological polar surface area (TPSA) is 56.1 Å². The van der Waals surface area contributed by atoms with Gasteiger partial charge in [0.05, 0.1) is 21.1 Å². The third kappa shape index (κ3) is 4.43. The summed E-state index contributed by atoms with van der Waals surface area (Å²) in [5.74, 6) is 0.518. The van der Waals surface area contributed by atoms with Crippen molar-refractivity contribution in [2.24, 2.45) is 0 Å². The molecule has 7 heteroatoms. The Labute approximate surface area is 168 Å². The predicted molar refractivity (Wildman–Crippen MR) is 109 cm³/mol. The van der Waals surface area contributed by atoms with E-state index in [-0.39, 0.29) is 18.5 Å². The van der Waals surface area contributed by atoms with Crippen LogP contribution in [-0.2, 0) is 16.1 Å². The number of hydrogen-bond acceptors (Lipinski definition) is 3. The minimum Gasteiger partial charge on any atom is -0.385 e. The number of rotatable bonds is 7. The molecule has 0 saturated carbocycles. The van der Waals surface area contributed by atoms with Crippen molar-refractivity contribution in [1.82, 2.24) is 14.9 Å². The Morgan fingerprint density at radius 3 is 2.78 bits per heavy atom. The molecule has 1 N–H and O–H groups in total. The molecule has 1 atom stereocenters. The zero-order chi connectivity index (χ0) is 19.4. The number of carbonyl (C=O) groups is 1. The molecular formula is C20H21Cl2N3O2. The Kier molecular flexibility index (Phi) is 6.37. The highest BCUT2D eigenvalue weighted by Crippen LogP contribution is 2.34. The van der Waals surface area contributed by atoms with Gasteiger partial charge in [-0.1, -0.05) is 41.4 Å². The van der Waals surface area contributed by atoms with Gasteiger partial charge < -0.3 is 14.6 Å². The first kappa shape index (κ1) is 19.7. The lowest BCUT2D eigenvalue weighted by Crippen LogP contribution is -2.35. The number of hydrogen-bond donors (Lipinski definition) is 1. The van der Waals surface area contributed by atoms with Crippen molar-refractivity contribution in [3.05, 3.63) is 52.5 Å². The second kappa shape index (κ2) is 8.74. The molecule has 0 radical (unpaired) electrons. The summed E-state index contributed by atoms with van der Waals surface area (Å²) in [5.41, 5.74) is 2.35. The van der Waals surface area contributed by atoms with E-state index in [9.17, 15) is 4.79 Å². The summed E-state index contributed by atoms with van der Waals surface area (Å²) in [6, 6.07) is 13.1. The molecule has 3 aromatic rings. The van der Waals surface area contributed by atoms with Crippen LogP contribution in [-0.4, -0.2) is 35.2 Å². The van der Waals surface area contributed by atoms with Crippen molar-refractivity contribution < 1.29 is 9.53 Å².